The summed E-state index contributed by atoms with van der Waals surface area (Å²) in [4.78, 5) is 12.8. The molecule has 1 unspecified atom stereocenters. The molecule has 0 spiro atoms. The molecule has 0 aliphatic heterocycles. The van der Waals surface area contributed by atoms with Gasteiger partial charge in [-0.3, -0.25) is 4.79 Å². The van der Waals surface area contributed by atoms with Gasteiger partial charge in [0, 0.05) is 4.91 Å². The molecular weight excluding hydrogens is 322 g/mol. The number of hydrogen-bond acceptors (Lipinski definition) is 6. The third-order valence-corrected chi connectivity index (χ3v) is 4.80. The lowest BCUT2D eigenvalue weighted by Crippen LogP contribution is -2.21. The zero-order valence-electron chi connectivity index (χ0n) is 14.1. The van der Waals surface area contributed by atoms with E-state index in [2.05, 4.69) is 6.07 Å². The Morgan fingerprint density at radius 3 is 2.29 bits per heavy atom. The number of hydrogen-bond donors (Lipinski definition) is 0. The lowest BCUT2D eigenvalue weighted by atomic mass is 9.85. The third-order valence-electron chi connectivity index (χ3n) is 3.94. The van der Waals surface area contributed by atoms with Gasteiger partial charge >= 0.3 is 5.97 Å². The molecule has 0 saturated heterocycles. The van der Waals surface area contributed by atoms with Crippen molar-refractivity contribution in [1.82, 2.24) is 0 Å². The van der Waals surface area contributed by atoms with E-state index >= 15 is 0 Å². The van der Waals surface area contributed by atoms with E-state index in [1.165, 1.54) is 11.8 Å². The van der Waals surface area contributed by atoms with Crippen molar-refractivity contribution in [3.63, 3.8) is 0 Å². The molecule has 0 bridgehead atoms. The van der Waals surface area contributed by atoms with Gasteiger partial charge < -0.3 is 4.74 Å². The molecule has 6 heteroatoms. The van der Waals surface area contributed by atoms with E-state index in [1.807, 2.05) is 12.1 Å². The maximum Gasteiger partial charge on any atom is 0.327 e. The van der Waals surface area contributed by atoms with Crippen LogP contribution < -0.4 is 0 Å². The molecule has 126 valence electrons. The van der Waals surface area contributed by atoms with Crippen LogP contribution >= 0.6 is 11.8 Å². The molecule has 0 heterocycles. The van der Waals surface area contributed by atoms with Gasteiger partial charge in [-0.1, -0.05) is 12.8 Å². The number of rotatable bonds is 5. The number of carbonyl (C=O) groups is 1. The molecule has 0 saturated carbocycles. The number of ether oxygens (including phenoxy) is 1. The highest BCUT2D eigenvalue weighted by atomic mass is 32.2. The highest BCUT2D eigenvalue weighted by molar-refractivity contribution is 8.02. The maximum absolute atomic E-state index is 12.2. The van der Waals surface area contributed by atoms with Crippen LogP contribution in [-0.2, 0) is 9.53 Å². The molecule has 1 rings (SSSR count). The van der Waals surface area contributed by atoms with Gasteiger partial charge in [-0.25, -0.2) is 0 Å². The van der Waals surface area contributed by atoms with Crippen LogP contribution in [0.2, 0.25) is 0 Å². The first-order chi connectivity index (χ1) is 11.6. The molecule has 24 heavy (non-hydrogen) atoms. The molecule has 0 radical (unpaired) electrons. The summed E-state index contributed by atoms with van der Waals surface area (Å²) in [6.07, 6.45) is 6.97. The summed E-state index contributed by atoms with van der Waals surface area (Å²) in [6.45, 7) is 1.92. The molecule has 0 aromatic carbocycles. The summed E-state index contributed by atoms with van der Waals surface area (Å²) < 4.78 is 5.05. The largest absolute Gasteiger partial charge is 0.465 e. The van der Waals surface area contributed by atoms with Gasteiger partial charge in [-0.15, -0.1) is 11.8 Å². The average Bonchev–Trinajstić information content (AvgIpc) is 2.56. The molecule has 1 aliphatic rings. The second kappa shape index (κ2) is 10.5. The topological polar surface area (TPSA) is 97.7 Å². The van der Waals surface area contributed by atoms with Gasteiger partial charge in [0.1, 0.15) is 17.7 Å². The van der Waals surface area contributed by atoms with Crippen molar-refractivity contribution in [2.45, 2.75) is 45.4 Å². The molecule has 5 nitrogen and oxygen atoms in total. The van der Waals surface area contributed by atoms with Crippen LogP contribution in [-0.4, -0.2) is 18.8 Å². The molecule has 0 fully saturated rings. The minimum Gasteiger partial charge on any atom is -0.465 e. The Balaban J connectivity index is 3.54. The van der Waals surface area contributed by atoms with Crippen LogP contribution in [0.1, 0.15) is 45.4 Å². The van der Waals surface area contributed by atoms with Crippen molar-refractivity contribution < 1.29 is 9.53 Å². The van der Waals surface area contributed by atoms with Gasteiger partial charge in [0.25, 0.3) is 0 Å². The van der Waals surface area contributed by atoms with Gasteiger partial charge in [-0.2, -0.15) is 15.8 Å². The highest BCUT2D eigenvalue weighted by Gasteiger charge is 2.29. The first-order valence-electron chi connectivity index (χ1n) is 8.01. The monoisotopic (exact) mass is 343 g/mol. The predicted octanol–water partition coefficient (Wildman–Crippen LogP) is 4.00. The second-order valence-electron chi connectivity index (χ2n) is 5.36. The Labute approximate surface area is 147 Å². The lowest BCUT2D eigenvalue weighted by Gasteiger charge is -2.22. The lowest BCUT2D eigenvalue weighted by molar-refractivity contribution is -0.144. The third kappa shape index (κ3) is 4.88. The van der Waals surface area contributed by atoms with Crippen molar-refractivity contribution in [2.75, 3.05) is 12.9 Å². The number of nitriles is 3. The Hall–Kier alpha value is -2.23. The Morgan fingerprint density at radius 1 is 1.17 bits per heavy atom. The summed E-state index contributed by atoms with van der Waals surface area (Å²) in [5.74, 6) is -1.53. The van der Waals surface area contributed by atoms with Crippen LogP contribution in [0.25, 0.3) is 0 Å². The highest BCUT2D eigenvalue weighted by Crippen LogP contribution is 2.37. The summed E-state index contributed by atoms with van der Waals surface area (Å²) >= 11 is 1.32. The maximum atomic E-state index is 12.2. The molecule has 1 atom stereocenters. The molecule has 1 aliphatic carbocycles. The molecular formula is C18H21N3O2S. The number of esters is 1. The van der Waals surface area contributed by atoms with E-state index in [-0.39, 0.29) is 12.2 Å². The van der Waals surface area contributed by atoms with E-state index in [0.717, 1.165) is 31.3 Å². The molecule has 0 aromatic heterocycles. The van der Waals surface area contributed by atoms with E-state index < -0.39 is 11.9 Å². The summed E-state index contributed by atoms with van der Waals surface area (Å²) in [5, 5.41) is 28.0. The van der Waals surface area contributed by atoms with Crippen LogP contribution in [0.4, 0.5) is 0 Å². The second-order valence-corrected chi connectivity index (χ2v) is 6.18. The Morgan fingerprint density at radius 2 is 1.79 bits per heavy atom. The van der Waals surface area contributed by atoms with E-state index in [9.17, 15) is 20.6 Å². The van der Waals surface area contributed by atoms with Crippen molar-refractivity contribution in [3.05, 3.63) is 21.6 Å². The number of allylic oxidation sites excluding steroid dienone is 2. The average molecular weight is 343 g/mol. The van der Waals surface area contributed by atoms with Gasteiger partial charge in [0.05, 0.1) is 12.7 Å². The Bertz CT molecular complexity index is 643. The summed E-state index contributed by atoms with van der Waals surface area (Å²) in [5.41, 5.74) is 1.55. The number of nitrogens with zero attached hydrogens (tertiary/aromatic N) is 3. The quantitative estimate of drug-likeness (QED) is 0.552. The number of carbonyl (C=O) groups excluding carboxylic acids is 1. The molecule has 0 aromatic rings. The SMILES string of the molecule is CCOC(=O)C(C#N)/C1=C(\C(SC)=C(C#N)C#N)CCCCCC1. The fourth-order valence-electron chi connectivity index (χ4n) is 2.86. The molecule has 0 N–H and O–H groups in total. The van der Waals surface area contributed by atoms with Crippen molar-refractivity contribution in [2.24, 2.45) is 5.92 Å². The van der Waals surface area contributed by atoms with Crippen LogP contribution in [0.15, 0.2) is 21.6 Å². The fourth-order valence-corrected chi connectivity index (χ4v) is 3.64. The molecule has 0 amide bonds. The van der Waals surface area contributed by atoms with Crippen LogP contribution in [0.3, 0.4) is 0 Å². The van der Waals surface area contributed by atoms with Gasteiger partial charge in [0.2, 0.25) is 0 Å². The predicted molar refractivity (Wildman–Crippen MR) is 92.2 cm³/mol. The van der Waals surface area contributed by atoms with E-state index in [1.54, 1.807) is 13.2 Å². The van der Waals surface area contributed by atoms with Gasteiger partial charge in [-0.05, 0) is 50.0 Å². The minimum atomic E-state index is -0.973. The summed E-state index contributed by atoms with van der Waals surface area (Å²) in [7, 11) is 0. The fraction of sp³-hybridized carbons (Fsp3) is 0.556. The zero-order chi connectivity index (χ0) is 17.9. The Kier molecular flexibility index (Phi) is 8.69. The van der Waals surface area contributed by atoms with Crippen LogP contribution in [0.5, 0.6) is 0 Å². The van der Waals surface area contributed by atoms with Crippen molar-refractivity contribution >= 4 is 17.7 Å². The first-order valence-corrected chi connectivity index (χ1v) is 9.24. The van der Waals surface area contributed by atoms with Gasteiger partial charge in [0.15, 0.2) is 5.92 Å². The minimum absolute atomic E-state index is 0.0381. The smallest absolute Gasteiger partial charge is 0.327 e. The van der Waals surface area contributed by atoms with E-state index in [0.29, 0.717) is 23.3 Å². The van der Waals surface area contributed by atoms with Crippen LogP contribution in [0, 0.1) is 39.9 Å². The normalized spacial score (nSPS) is 18.8. The van der Waals surface area contributed by atoms with Crippen molar-refractivity contribution in [1.29, 1.82) is 15.8 Å². The van der Waals surface area contributed by atoms with E-state index in [4.69, 9.17) is 4.74 Å². The standard InChI is InChI=1S/C18H21N3O2S/c1-3-23-18(22)16(12-21)14-8-6-4-5-7-9-15(14)17(24-2)13(10-19)11-20/h16H,3-9H2,1-2H3/b15-14-. The number of thioether (sulfide) groups is 1. The summed E-state index contributed by atoms with van der Waals surface area (Å²) in [6, 6.07) is 5.92. The first kappa shape index (κ1) is 19.8. The zero-order valence-corrected chi connectivity index (χ0v) is 14.9. The van der Waals surface area contributed by atoms with Crippen molar-refractivity contribution in [3.8, 4) is 18.2 Å².